The summed E-state index contributed by atoms with van der Waals surface area (Å²) in [6.45, 7) is 13.7. The highest BCUT2D eigenvalue weighted by atomic mass is 16.6. The molecule has 2 aliphatic rings. The van der Waals surface area contributed by atoms with E-state index >= 15 is 0 Å². The normalized spacial score (nSPS) is 20.2. The Morgan fingerprint density at radius 2 is 1.58 bits per heavy atom. The van der Waals surface area contributed by atoms with Gasteiger partial charge in [0.1, 0.15) is 0 Å². The molecule has 0 saturated heterocycles. The molecule has 0 saturated carbocycles. The van der Waals surface area contributed by atoms with E-state index < -0.39 is 0 Å². The fourth-order valence-corrected chi connectivity index (χ4v) is 3.57. The van der Waals surface area contributed by atoms with Gasteiger partial charge in [0.15, 0.2) is 5.78 Å². The molecule has 4 nitrogen and oxygen atoms in total. The number of rotatable bonds is 2. The van der Waals surface area contributed by atoms with Gasteiger partial charge in [0, 0.05) is 12.1 Å². The van der Waals surface area contributed by atoms with E-state index in [4.69, 9.17) is 0 Å². The second kappa shape index (κ2) is 10.0. The van der Waals surface area contributed by atoms with Crippen molar-refractivity contribution < 1.29 is 9.72 Å². The van der Waals surface area contributed by atoms with Crippen molar-refractivity contribution in [2.45, 2.75) is 60.8 Å². The molecule has 0 fully saturated rings. The Bertz CT molecular complexity index is 903. The molecule has 0 spiro atoms. The molecule has 2 aliphatic carbocycles. The molecule has 1 unspecified atom stereocenters. The Balaban J connectivity index is 0.000000412. The van der Waals surface area contributed by atoms with Gasteiger partial charge in [0.25, 0.3) is 5.69 Å². The van der Waals surface area contributed by atoms with Crippen molar-refractivity contribution in [2.75, 3.05) is 0 Å². The quantitative estimate of drug-likeness (QED) is 0.282. The van der Waals surface area contributed by atoms with Crippen molar-refractivity contribution in [1.29, 1.82) is 0 Å². The van der Waals surface area contributed by atoms with Crippen molar-refractivity contribution in [1.82, 2.24) is 0 Å². The number of carbonyl (C=O) groups is 1. The third kappa shape index (κ3) is 7.78. The fraction of sp³-hybridized carbons (Fsp3) is 0.444. The molecule has 1 aromatic rings. The van der Waals surface area contributed by atoms with Crippen LogP contribution in [0.1, 0.15) is 66.4 Å². The Morgan fingerprint density at radius 1 is 1.00 bits per heavy atom. The van der Waals surface area contributed by atoms with Crippen molar-refractivity contribution in [3.8, 4) is 0 Å². The first kappa shape index (κ1) is 24.5. The van der Waals surface area contributed by atoms with Gasteiger partial charge in [0.2, 0.25) is 0 Å². The summed E-state index contributed by atoms with van der Waals surface area (Å²) in [4.78, 5) is 20.7. The Hall–Kier alpha value is -2.75. The van der Waals surface area contributed by atoms with Crippen LogP contribution < -0.4 is 0 Å². The maximum Gasteiger partial charge on any atom is 0.269 e. The fourth-order valence-electron chi connectivity index (χ4n) is 3.57. The summed E-state index contributed by atoms with van der Waals surface area (Å²) < 4.78 is 0. The molecular weight excluding hydrogens is 386 g/mol. The predicted molar refractivity (Wildman–Crippen MR) is 129 cm³/mol. The van der Waals surface area contributed by atoms with E-state index in [0.29, 0.717) is 5.92 Å². The zero-order valence-corrected chi connectivity index (χ0v) is 19.6. The van der Waals surface area contributed by atoms with Gasteiger partial charge in [-0.25, -0.2) is 0 Å². The van der Waals surface area contributed by atoms with Crippen LogP contribution in [0.25, 0.3) is 6.08 Å². The van der Waals surface area contributed by atoms with Crippen molar-refractivity contribution >= 4 is 17.5 Å². The van der Waals surface area contributed by atoms with Crippen LogP contribution in [0.4, 0.5) is 5.69 Å². The highest BCUT2D eigenvalue weighted by Gasteiger charge is 2.31. The molecule has 166 valence electrons. The zero-order valence-electron chi connectivity index (χ0n) is 19.6. The lowest BCUT2D eigenvalue weighted by Gasteiger charge is -2.37. The van der Waals surface area contributed by atoms with Crippen LogP contribution in [-0.2, 0) is 4.79 Å². The summed E-state index contributed by atoms with van der Waals surface area (Å²) in [5.41, 5.74) is 4.48. The average Bonchev–Trinajstić information content (AvgIpc) is 2.68. The Kier molecular flexibility index (Phi) is 7.94. The van der Waals surface area contributed by atoms with E-state index in [0.717, 1.165) is 24.8 Å². The summed E-state index contributed by atoms with van der Waals surface area (Å²) in [7, 11) is 0. The van der Waals surface area contributed by atoms with Crippen molar-refractivity contribution in [2.24, 2.45) is 16.7 Å². The second-order valence-electron chi connectivity index (χ2n) is 10.4. The number of hydrogen-bond donors (Lipinski definition) is 0. The van der Waals surface area contributed by atoms with Crippen molar-refractivity contribution in [3.05, 3.63) is 81.5 Å². The van der Waals surface area contributed by atoms with Gasteiger partial charge in [-0.1, -0.05) is 77.0 Å². The number of nitrogens with zero attached hydrogens (tertiary/aromatic N) is 1. The number of ketones is 1. The molecule has 0 radical (unpaired) electrons. The van der Waals surface area contributed by atoms with E-state index in [9.17, 15) is 14.9 Å². The Morgan fingerprint density at radius 3 is 2.00 bits per heavy atom. The van der Waals surface area contributed by atoms with Gasteiger partial charge in [0.05, 0.1) is 4.92 Å². The van der Waals surface area contributed by atoms with E-state index in [1.165, 1.54) is 11.1 Å². The number of nitro benzene ring substituents is 1. The van der Waals surface area contributed by atoms with Gasteiger partial charge in [-0.2, -0.15) is 0 Å². The van der Waals surface area contributed by atoms with Crippen molar-refractivity contribution in [3.63, 3.8) is 0 Å². The van der Waals surface area contributed by atoms with Crippen LogP contribution in [0.3, 0.4) is 0 Å². The second-order valence-corrected chi connectivity index (χ2v) is 10.4. The summed E-state index contributed by atoms with van der Waals surface area (Å²) in [6, 6.07) is 6.84. The minimum Gasteiger partial charge on any atom is -0.290 e. The number of carbonyl (C=O) groups excluding carboxylic acids is 1. The van der Waals surface area contributed by atoms with Crippen LogP contribution in [0, 0.1) is 26.9 Å². The smallest absolute Gasteiger partial charge is 0.269 e. The SMILES string of the molecule is CC(C)(C)C1=CC(C(C)(C)C)CC(=Cc2ccc([N+](=O)[O-])cc2)C1.O=C1C=CCC=C1. The zero-order chi connectivity index (χ0) is 23.2. The molecule has 0 heterocycles. The summed E-state index contributed by atoms with van der Waals surface area (Å²) >= 11 is 0. The van der Waals surface area contributed by atoms with Gasteiger partial charge in [-0.3, -0.25) is 14.9 Å². The Labute approximate surface area is 186 Å². The molecule has 1 aromatic carbocycles. The maximum absolute atomic E-state index is 10.8. The maximum atomic E-state index is 10.8. The molecule has 0 bridgehead atoms. The molecule has 0 amide bonds. The van der Waals surface area contributed by atoms with E-state index in [-0.39, 0.29) is 27.2 Å². The lowest BCUT2D eigenvalue weighted by atomic mass is 9.68. The molecule has 1 atom stereocenters. The predicted octanol–water partition coefficient (Wildman–Crippen LogP) is 7.48. The average molecular weight is 422 g/mol. The summed E-state index contributed by atoms with van der Waals surface area (Å²) in [6.07, 6.45) is 14.5. The topological polar surface area (TPSA) is 60.2 Å². The first-order valence-electron chi connectivity index (χ1n) is 10.9. The van der Waals surface area contributed by atoms with Gasteiger partial charge >= 0.3 is 0 Å². The molecule has 4 heteroatoms. The number of non-ortho nitro benzene ring substituents is 1. The molecular formula is C27H35NO3. The number of nitro groups is 1. The highest BCUT2D eigenvalue weighted by Crippen LogP contribution is 2.44. The molecule has 0 aliphatic heterocycles. The minimum atomic E-state index is -0.354. The van der Waals surface area contributed by atoms with E-state index in [1.54, 1.807) is 24.3 Å². The molecule has 31 heavy (non-hydrogen) atoms. The number of benzene rings is 1. The first-order valence-corrected chi connectivity index (χ1v) is 10.9. The largest absolute Gasteiger partial charge is 0.290 e. The summed E-state index contributed by atoms with van der Waals surface area (Å²) in [5.74, 6) is 0.621. The van der Waals surface area contributed by atoms with Crippen LogP contribution in [0.5, 0.6) is 0 Å². The van der Waals surface area contributed by atoms with E-state index in [2.05, 4.69) is 53.7 Å². The third-order valence-electron chi connectivity index (χ3n) is 5.69. The van der Waals surface area contributed by atoms with Gasteiger partial charge in [-0.05, 0) is 65.9 Å². The minimum absolute atomic E-state index is 0.103. The molecule has 0 N–H and O–H groups in total. The lowest BCUT2D eigenvalue weighted by Crippen LogP contribution is -2.25. The summed E-state index contributed by atoms with van der Waals surface area (Å²) in [5, 5.41) is 10.8. The molecule has 0 aromatic heterocycles. The standard InChI is InChI=1S/C21H29NO2.C6H6O/c1-20(2,3)17-12-16(13-18(14-17)21(4,5)6)11-15-7-9-19(10-8-15)22(23)24;7-6-4-2-1-3-5-6/h7-11,14,17H,12-13H2,1-6H3;2-5H,1H2. The lowest BCUT2D eigenvalue weighted by molar-refractivity contribution is -0.384. The third-order valence-corrected chi connectivity index (χ3v) is 5.69. The number of hydrogen-bond acceptors (Lipinski definition) is 3. The van der Waals surface area contributed by atoms with Crippen LogP contribution in [0.15, 0.2) is 65.8 Å². The van der Waals surface area contributed by atoms with Crippen LogP contribution in [0.2, 0.25) is 0 Å². The first-order chi connectivity index (χ1) is 14.4. The van der Waals surface area contributed by atoms with Crippen LogP contribution in [-0.4, -0.2) is 10.7 Å². The van der Waals surface area contributed by atoms with E-state index in [1.807, 2.05) is 24.3 Å². The van der Waals surface area contributed by atoms with Crippen LogP contribution >= 0.6 is 0 Å². The van der Waals surface area contributed by atoms with Gasteiger partial charge in [-0.15, -0.1) is 0 Å². The monoisotopic (exact) mass is 421 g/mol. The molecule has 3 rings (SSSR count). The van der Waals surface area contributed by atoms with Gasteiger partial charge < -0.3 is 0 Å². The highest BCUT2D eigenvalue weighted by molar-refractivity contribution is 5.99. The number of allylic oxidation sites excluding steroid dienone is 7.